The number of hydrogen-bond donors (Lipinski definition) is 2. The number of halogens is 1. The topological polar surface area (TPSA) is 72.2 Å². The number of nitrogens with two attached hydrogens (primary N) is 1. The molecule has 6 heteroatoms. The van der Waals surface area contributed by atoms with Gasteiger partial charge in [0.25, 0.3) is 0 Å². The lowest BCUT2D eigenvalue weighted by atomic mass is 10.2. The van der Waals surface area contributed by atoms with E-state index >= 15 is 0 Å². The Hall–Kier alpha value is -0.590. The van der Waals surface area contributed by atoms with Gasteiger partial charge in [-0.05, 0) is 52.4 Å². The summed E-state index contributed by atoms with van der Waals surface area (Å²) in [5, 5.41) is 0. The summed E-state index contributed by atoms with van der Waals surface area (Å²) in [7, 11) is -3.45. The summed E-state index contributed by atoms with van der Waals surface area (Å²) >= 11 is 3.22. The van der Waals surface area contributed by atoms with Crippen LogP contribution in [0.3, 0.4) is 0 Å². The number of sulfonamides is 1. The summed E-state index contributed by atoms with van der Waals surface area (Å²) in [5.74, 6) is 0. The Bertz CT molecular complexity index is 538. The Morgan fingerprint density at radius 2 is 2.12 bits per heavy atom. The third kappa shape index (κ3) is 3.00. The third-order valence-corrected chi connectivity index (χ3v) is 5.42. The fourth-order valence-electron chi connectivity index (χ4n) is 1.47. The summed E-state index contributed by atoms with van der Waals surface area (Å²) in [5.41, 5.74) is 6.26. The van der Waals surface area contributed by atoms with Gasteiger partial charge in [0.05, 0.1) is 4.90 Å². The number of rotatable bonds is 4. The number of benzene rings is 1. The minimum absolute atomic E-state index is 0.146. The van der Waals surface area contributed by atoms with E-state index in [0.717, 1.165) is 12.8 Å². The predicted molar refractivity (Wildman–Crippen MR) is 71.1 cm³/mol. The van der Waals surface area contributed by atoms with Gasteiger partial charge in [-0.2, -0.15) is 0 Å². The third-order valence-electron chi connectivity index (χ3n) is 3.04. The Morgan fingerprint density at radius 1 is 1.47 bits per heavy atom. The SMILES string of the molecule is CC1(CNS(=O)(=O)c2ccc(N)cc2Br)CC1. The predicted octanol–water partition coefficient (Wildman–Crippen LogP) is 2.11. The molecule has 1 aliphatic rings. The molecule has 17 heavy (non-hydrogen) atoms. The van der Waals surface area contributed by atoms with Crippen LogP contribution in [0, 0.1) is 5.41 Å². The van der Waals surface area contributed by atoms with Crippen LogP contribution in [0.5, 0.6) is 0 Å². The van der Waals surface area contributed by atoms with Crippen molar-refractivity contribution in [2.75, 3.05) is 12.3 Å². The Morgan fingerprint density at radius 3 is 2.65 bits per heavy atom. The first-order valence-electron chi connectivity index (χ1n) is 5.37. The molecule has 0 amide bonds. The van der Waals surface area contributed by atoms with Crippen LogP contribution >= 0.6 is 15.9 Å². The van der Waals surface area contributed by atoms with Crippen molar-refractivity contribution in [2.45, 2.75) is 24.7 Å². The number of nitrogen functional groups attached to an aromatic ring is 1. The largest absolute Gasteiger partial charge is 0.399 e. The highest BCUT2D eigenvalue weighted by Crippen LogP contribution is 2.44. The Balaban J connectivity index is 2.19. The normalized spacial score (nSPS) is 18.0. The van der Waals surface area contributed by atoms with Crippen molar-refractivity contribution in [1.82, 2.24) is 4.72 Å². The van der Waals surface area contributed by atoms with Crippen molar-refractivity contribution >= 4 is 31.6 Å². The fraction of sp³-hybridized carbons (Fsp3) is 0.455. The molecular weight excluding hydrogens is 304 g/mol. The van der Waals surface area contributed by atoms with Crippen molar-refractivity contribution in [3.8, 4) is 0 Å². The molecule has 0 bridgehead atoms. The molecule has 0 radical (unpaired) electrons. The van der Waals surface area contributed by atoms with Gasteiger partial charge in [-0.3, -0.25) is 0 Å². The standard InChI is InChI=1S/C11H15BrN2O2S/c1-11(4-5-11)7-14-17(15,16)10-3-2-8(13)6-9(10)12/h2-3,6,14H,4-5,7,13H2,1H3. The van der Waals surface area contributed by atoms with E-state index in [2.05, 4.69) is 27.6 Å². The first kappa shape index (κ1) is 12.9. The summed E-state index contributed by atoms with van der Waals surface area (Å²) in [6.45, 7) is 2.57. The highest BCUT2D eigenvalue weighted by molar-refractivity contribution is 9.10. The molecule has 1 aromatic carbocycles. The molecule has 1 fully saturated rings. The molecule has 1 aliphatic carbocycles. The van der Waals surface area contributed by atoms with Crippen molar-refractivity contribution in [3.05, 3.63) is 22.7 Å². The quantitative estimate of drug-likeness (QED) is 0.835. The lowest BCUT2D eigenvalue weighted by Crippen LogP contribution is -2.29. The van der Waals surface area contributed by atoms with Gasteiger partial charge in [-0.15, -0.1) is 0 Å². The maximum absolute atomic E-state index is 12.1. The molecule has 94 valence electrons. The molecule has 0 aromatic heterocycles. The number of anilines is 1. The summed E-state index contributed by atoms with van der Waals surface area (Å²) < 4.78 is 27.2. The van der Waals surface area contributed by atoms with Gasteiger partial charge in [-0.25, -0.2) is 13.1 Å². The van der Waals surface area contributed by atoms with Crippen LogP contribution in [0.25, 0.3) is 0 Å². The van der Waals surface area contributed by atoms with Crippen LogP contribution in [0.2, 0.25) is 0 Å². The molecule has 1 saturated carbocycles. The van der Waals surface area contributed by atoms with Crippen LogP contribution in [0.4, 0.5) is 5.69 Å². The van der Waals surface area contributed by atoms with Crippen molar-refractivity contribution in [2.24, 2.45) is 5.41 Å². The van der Waals surface area contributed by atoms with Gasteiger partial charge < -0.3 is 5.73 Å². The zero-order chi connectivity index (χ0) is 12.7. The molecule has 0 atom stereocenters. The monoisotopic (exact) mass is 318 g/mol. The van der Waals surface area contributed by atoms with Gasteiger partial charge in [-0.1, -0.05) is 6.92 Å². The van der Waals surface area contributed by atoms with Crippen LogP contribution < -0.4 is 10.5 Å². The van der Waals surface area contributed by atoms with E-state index in [-0.39, 0.29) is 10.3 Å². The fourth-order valence-corrected chi connectivity index (χ4v) is 3.76. The molecule has 0 spiro atoms. The van der Waals surface area contributed by atoms with Crippen LogP contribution in [0.15, 0.2) is 27.6 Å². The highest BCUT2D eigenvalue weighted by atomic mass is 79.9. The summed E-state index contributed by atoms with van der Waals surface area (Å²) in [6.07, 6.45) is 2.16. The van der Waals surface area contributed by atoms with Crippen LogP contribution in [0.1, 0.15) is 19.8 Å². The second-order valence-electron chi connectivity index (χ2n) is 4.83. The van der Waals surface area contributed by atoms with Crippen LogP contribution in [-0.2, 0) is 10.0 Å². The summed E-state index contributed by atoms with van der Waals surface area (Å²) in [4.78, 5) is 0.232. The molecule has 4 nitrogen and oxygen atoms in total. The van der Waals surface area contributed by atoms with Gasteiger partial charge in [0.1, 0.15) is 0 Å². The van der Waals surface area contributed by atoms with E-state index in [0.29, 0.717) is 16.7 Å². The van der Waals surface area contributed by atoms with E-state index in [1.54, 1.807) is 12.1 Å². The van der Waals surface area contributed by atoms with Crippen molar-refractivity contribution in [3.63, 3.8) is 0 Å². The first-order valence-corrected chi connectivity index (χ1v) is 7.65. The molecule has 0 unspecified atom stereocenters. The minimum Gasteiger partial charge on any atom is -0.399 e. The van der Waals surface area contributed by atoms with E-state index in [1.807, 2.05) is 0 Å². The van der Waals surface area contributed by atoms with Crippen molar-refractivity contribution in [1.29, 1.82) is 0 Å². The maximum Gasteiger partial charge on any atom is 0.241 e. The van der Waals surface area contributed by atoms with Gasteiger partial charge >= 0.3 is 0 Å². The van der Waals surface area contributed by atoms with E-state index < -0.39 is 10.0 Å². The van der Waals surface area contributed by atoms with E-state index in [1.165, 1.54) is 6.07 Å². The maximum atomic E-state index is 12.1. The Kier molecular flexibility index (Phi) is 3.22. The summed E-state index contributed by atoms with van der Waals surface area (Å²) in [6, 6.07) is 4.68. The van der Waals surface area contributed by atoms with E-state index in [4.69, 9.17) is 5.73 Å². The molecule has 0 saturated heterocycles. The number of nitrogens with one attached hydrogen (secondary N) is 1. The first-order chi connectivity index (χ1) is 7.82. The van der Waals surface area contributed by atoms with Gasteiger partial charge in [0.2, 0.25) is 10.0 Å². The second kappa shape index (κ2) is 4.26. The Labute approximate surface area is 110 Å². The lowest BCUT2D eigenvalue weighted by molar-refractivity contribution is 0.530. The zero-order valence-corrected chi connectivity index (χ0v) is 11.9. The minimum atomic E-state index is -3.45. The molecule has 1 aromatic rings. The molecule has 2 rings (SSSR count). The number of hydrogen-bond acceptors (Lipinski definition) is 3. The highest BCUT2D eigenvalue weighted by Gasteiger charge is 2.38. The second-order valence-corrected chi connectivity index (χ2v) is 7.41. The molecule has 0 heterocycles. The average Bonchev–Trinajstić information content (AvgIpc) is 2.94. The lowest BCUT2D eigenvalue weighted by Gasteiger charge is -2.12. The van der Waals surface area contributed by atoms with Crippen molar-refractivity contribution < 1.29 is 8.42 Å². The zero-order valence-electron chi connectivity index (χ0n) is 9.53. The molecular formula is C11H15BrN2O2S. The average molecular weight is 319 g/mol. The van der Waals surface area contributed by atoms with Gasteiger partial charge in [0, 0.05) is 16.7 Å². The van der Waals surface area contributed by atoms with Crippen LogP contribution in [-0.4, -0.2) is 15.0 Å². The molecule has 0 aliphatic heterocycles. The van der Waals surface area contributed by atoms with E-state index in [9.17, 15) is 8.42 Å². The van der Waals surface area contributed by atoms with Gasteiger partial charge in [0.15, 0.2) is 0 Å². The molecule has 3 N–H and O–H groups in total. The smallest absolute Gasteiger partial charge is 0.241 e.